The number of halogens is 1. The van der Waals surface area contributed by atoms with E-state index in [4.69, 9.17) is 17.3 Å². The number of hydrogen-bond acceptors (Lipinski definition) is 2. The Bertz CT molecular complexity index is 485. The third-order valence-electron chi connectivity index (χ3n) is 2.74. The summed E-state index contributed by atoms with van der Waals surface area (Å²) in [6, 6.07) is 12.2. The summed E-state index contributed by atoms with van der Waals surface area (Å²) in [4.78, 5) is 1.08. The highest BCUT2D eigenvalue weighted by Crippen LogP contribution is 2.33. The van der Waals surface area contributed by atoms with E-state index in [-0.39, 0.29) is 0 Å². The van der Waals surface area contributed by atoms with Crippen LogP contribution in [0.25, 0.3) is 0 Å². The maximum Gasteiger partial charge on any atom is 0.0932 e. The van der Waals surface area contributed by atoms with Gasteiger partial charge in [0.05, 0.1) is 9.88 Å². The number of benzene rings is 1. The van der Waals surface area contributed by atoms with Gasteiger partial charge in [-0.1, -0.05) is 41.4 Å². The molecule has 16 heavy (non-hydrogen) atoms. The largest absolute Gasteiger partial charge is 0.317 e. The molecule has 2 N–H and O–H groups in total. The van der Waals surface area contributed by atoms with E-state index in [0.29, 0.717) is 0 Å². The molecule has 0 bridgehead atoms. The average Bonchev–Trinajstić information content (AvgIpc) is 2.66. The third-order valence-corrected chi connectivity index (χ3v) is 4.20. The SMILES string of the molecule is Cc1ccc(C(C)(N)c2ccc(Cl)s2)cc1. The van der Waals surface area contributed by atoms with Gasteiger partial charge in [0.25, 0.3) is 0 Å². The van der Waals surface area contributed by atoms with E-state index in [9.17, 15) is 0 Å². The summed E-state index contributed by atoms with van der Waals surface area (Å²) in [5, 5.41) is 0. The molecule has 1 aromatic carbocycles. The van der Waals surface area contributed by atoms with Gasteiger partial charge in [0.2, 0.25) is 0 Å². The highest BCUT2D eigenvalue weighted by molar-refractivity contribution is 7.16. The number of thiophene rings is 1. The lowest BCUT2D eigenvalue weighted by Crippen LogP contribution is -2.33. The summed E-state index contributed by atoms with van der Waals surface area (Å²) in [5.41, 5.74) is 8.26. The summed E-state index contributed by atoms with van der Waals surface area (Å²) in [5.74, 6) is 0. The summed E-state index contributed by atoms with van der Waals surface area (Å²) >= 11 is 7.48. The van der Waals surface area contributed by atoms with Gasteiger partial charge in [0.1, 0.15) is 0 Å². The van der Waals surface area contributed by atoms with Crippen LogP contribution in [0.4, 0.5) is 0 Å². The molecule has 3 heteroatoms. The zero-order valence-corrected chi connectivity index (χ0v) is 10.9. The van der Waals surface area contributed by atoms with Crippen molar-refractivity contribution in [3.05, 3.63) is 56.7 Å². The molecule has 84 valence electrons. The Morgan fingerprint density at radius 1 is 1.12 bits per heavy atom. The van der Waals surface area contributed by atoms with Gasteiger partial charge in [-0.05, 0) is 31.5 Å². The first-order chi connectivity index (χ1) is 7.50. The van der Waals surface area contributed by atoms with Crippen LogP contribution in [-0.2, 0) is 5.54 Å². The first kappa shape index (κ1) is 11.6. The Kier molecular flexibility index (Phi) is 3.06. The molecule has 0 fully saturated rings. The van der Waals surface area contributed by atoms with Gasteiger partial charge in [-0.15, -0.1) is 11.3 Å². The number of nitrogens with two attached hydrogens (primary N) is 1. The molecule has 0 aliphatic rings. The minimum atomic E-state index is -0.467. The van der Waals surface area contributed by atoms with E-state index in [1.807, 2.05) is 19.1 Å². The van der Waals surface area contributed by atoms with Crippen LogP contribution in [-0.4, -0.2) is 0 Å². The molecule has 1 heterocycles. The van der Waals surface area contributed by atoms with Crippen LogP contribution in [0.2, 0.25) is 4.34 Å². The molecule has 2 rings (SSSR count). The molecule has 0 spiro atoms. The fraction of sp³-hybridized carbons (Fsp3) is 0.231. The second-order valence-electron chi connectivity index (χ2n) is 4.17. The molecule has 0 saturated carbocycles. The molecular formula is C13H14ClNS. The van der Waals surface area contributed by atoms with Crippen LogP contribution in [0.15, 0.2) is 36.4 Å². The maximum absolute atomic E-state index is 6.37. The monoisotopic (exact) mass is 251 g/mol. The van der Waals surface area contributed by atoms with Gasteiger partial charge in [-0.3, -0.25) is 0 Å². The molecule has 1 unspecified atom stereocenters. The lowest BCUT2D eigenvalue weighted by atomic mass is 9.91. The first-order valence-electron chi connectivity index (χ1n) is 5.12. The first-order valence-corrected chi connectivity index (χ1v) is 6.31. The summed E-state index contributed by atoms with van der Waals surface area (Å²) in [7, 11) is 0. The van der Waals surface area contributed by atoms with Crippen molar-refractivity contribution in [3.63, 3.8) is 0 Å². The van der Waals surface area contributed by atoms with Crippen molar-refractivity contribution in [2.45, 2.75) is 19.4 Å². The van der Waals surface area contributed by atoms with Crippen molar-refractivity contribution in [1.82, 2.24) is 0 Å². The molecule has 1 atom stereocenters. The van der Waals surface area contributed by atoms with Crippen molar-refractivity contribution in [3.8, 4) is 0 Å². The number of aryl methyl sites for hydroxylation is 1. The van der Waals surface area contributed by atoms with E-state index >= 15 is 0 Å². The van der Waals surface area contributed by atoms with E-state index in [0.717, 1.165) is 14.8 Å². The minimum absolute atomic E-state index is 0.467. The van der Waals surface area contributed by atoms with Gasteiger partial charge >= 0.3 is 0 Å². The molecular weight excluding hydrogens is 238 g/mol. The normalized spacial score (nSPS) is 14.8. The summed E-state index contributed by atoms with van der Waals surface area (Å²) in [6.07, 6.45) is 0. The predicted molar refractivity (Wildman–Crippen MR) is 71.1 cm³/mol. The molecule has 2 aromatic rings. The standard InChI is InChI=1S/C13H14ClNS/c1-9-3-5-10(6-4-9)13(2,15)11-7-8-12(14)16-11/h3-8H,15H2,1-2H3. The fourth-order valence-corrected chi connectivity index (χ4v) is 2.76. The lowest BCUT2D eigenvalue weighted by Gasteiger charge is -2.24. The molecule has 1 aromatic heterocycles. The molecule has 0 amide bonds. The van der Waals surface area contributed by atoms with Crippen molar-refractivity contribution >= 4 is 22.9 Å². The zero-order valence-electron chi connectivity index (χ0n) is 9.33. The zero-order chi connectivity index (χ0) is 11.8. The Hall–Kier alpha value is -0.830. The van der Waals surface area contributed by atoms with Crippen molar-refractivity contribution < 1.29 is 0 Å². The molecule has 0 saturated heterocycles. The number of hydrogen-bond donors (Lipinski definition) is 1. The van der Waals surface area contributed by atoms with Crippen molar-refractivity contribution in [1.29, 1.82) is 0 Å². The topological polar surface area (TPSA) is 26.0 Å². The average molecular weight is 252 g/mol. The van der Waals surface area contributed by atoms with Crippen LogP contribution >= 0.6 is 22.9 Å². The third kappa shape index (κ3) is 2.14. The van der Waals surface area contributed by atoms with Crippen molar-refractivity contribution in [2.75, 3.05) is 0 Å². The van der Waals surface area contributed by atoms with E-state index in [1.165, 1.54) is 16.9 Å². The summed E-state index contributed by atoms with van der Waals surface area (Å²) < 4.78 is 0.777. The van der Waals surface area contributed by atoms with Crippen LogP contribution in [0, 0.1) is 6.92 Å². The molecule has 0 aliphatic carbocycles. The smallest absolute Gasteiger partial charge is 0.0932 e. The van der Waals surface area contributed by atoms with Gasteiger partial charge in [0, 0.05) is 4.88 Å². The van der Waals surface area contributed by atoms with E-state index < -0.39 is 5.54 Å². The minimum Gasteiger partial charge on any atom is -0.317 e. The van der Waals surface area contributed by atoms with Crippen LogP contribution in [0.3, 0.4) is 0 Å². The van der Waals surface area contributed by atoms with Gasteiger partial charge in [-0.2, -0.15) is 0 Å². The Balaban J connectivity index is 2.42. The van der Waals surface area contributed by atoms with Gasteiger partial charge < -0.3 is 5.73 Å². The van der Waals surface area contributed by atoms with Gasteiger partial charge in [-0.25, -0.2) is 0 Å². The van der Waals surface area contributed by atoms with Crippen LogP contribution in [0.1, 0.15) is 22.9 Å². The molecule has 0 aliphatic heterocycles. The summed E-state index contributed by atoms with van der Waals surface area (Å²) in [6.45, 7) is 4.08. The van der Waals surface area contributed by atoms with E-state index in [1.54, 1.807) is 0 Å². The highest BCUT2D eigenvalue weighted by Gasteiger charge is 2.25. The highest BCUT2D eigenvalue weighted by atomic mass is 35.5. The van der Waals surface area contributed by atoms with Crippen LogP contribution < -0.4 is 5.73 Å². The fourth-order valence-electron chi connectivity index (χ4n) is 1.64. The molecule has 1 nitrogen and oxygen atoms in total. The second-order valence-corrected chi connectivity index (χ2v) is 5.89. The van der Waals surface area contributed by atoms with E-state index in [2.05, 4.69) is 31.2 Å². The predicted octanol–water partition coefficient (Wildman–Crippen LogP) is 3.93. The Morgan fingerprint density at radius 3 is 2.25 bits per heavy atom. The second kappa shape index (κ2) is 4.21. The molecule has 0 radical (unpaired) electrons. The quantitative estimate of drug-likeness (QED) is 0.860. The Morgan fingerprint density at radius 2 is 1.75 bits per heavy atom. The lowest BCUT2D eigenvalue weighted by molar-refractivity contribution is 0.616. The van der Waals surface area contributed by atoms with Gasteiger partial charge in [0.15, 0.2) is 0 Å². The Labute approximate surface area is 105 Å². The maximum atomic E-state index is 6.37. The van der Waals surface area contributed by atoms with Crippen LogP contribution in [0.5, 0.6) is 0 Å². The number of rotatable bonds is 2. The van der Waals surface area contributed by atoms with Crippen molar-refractivity contribution in [2.24, 2.45) is 5.73 Å².